The average Bonchev–Trinajstić information content (AvgIpc) is 2.50. The Morgan fingerprint density at radius 2 is 1.81 bits per heavy atom. The van der Waals surface area contributed by atoms with Gasteiger partial charge in [-0.1, -0.05) is 43.0 Å². The molecule has 0 fully saturated rings. The number of ether oxygens (including phenoxy) is 1. The Hall–Kier alpha value is -2.56. The maximum absolute atomic E-state index is 13.9. The van der Waals surface area contributed by atoms with Crippen LogP contribution >= 0.6 is 0 Å². The van der Waals surface area contributed by atoms with Gasteiger partial charge in [0.15, 0.2) is 11.6 Å². The topological polar surface area (TPSA) is 26.3 Å². The van der Waals surface area contributed by atoms with E-state index in [4.69, 9.17) is 4.74 Å². The summed E-state index contributed by atoms with van der Waals surface area (Å²) in [4.78, 5) is 11.8. The van der Waals surface area contributed by atoms with E-state index in [1.54, 1.807) is 30.3 Å². The molecule has 2 nitrogen and oxygen atoms in total. The fraction of sp³-hybridized carbons (Fsp3) is 0.0625. The summed E-state index contributed by atoms with van der Waals surface area (Å²) in [6, 6.07) is 9.18. The van der Waals surface area contributed by atoms with Gasteiger partial charge in [-0.3, -0.25) is 0 Å². The SMILES string of the molecule is C=Cc1c(F)c(F)cc(C(=O)OCc2ccccc2)c1F. The van der Waals surface area contributed by atoms with Crippen LogP contribution < -0.4 is 0 Å². The van der Waals surface area contributed by atoms with Gasteiger partial charge >= 0.3 is 5.97 Å². The first-order valence-corrected chi connectivity index (χ1v) is 6.05. The third-order valence-corrected chi connectivity index (χ3v) is 2.83. The van der Waals surface area contributed by atoms with Crippen molar-refractivity contribution in [2.45, 2.75) is 6.61 Å². The van der Waals surface area contributed by atoms with Crippen molar-refractivity contribution in [1.29, 1.82) is 0 Å². The minimum Gasteiger partial charge on any atom is -0.457 e. The molecule has 0 atom stereocenters. The molecule has 0 aliphatic heterocycles. The maximum atomic E-state index is 13.9. The smallest absolute Gasteiger partial charge is 0.341 e. The zero-order chi connectivity index (χ0) is 15.4. The highest BCUT2D eigenvalue weighted by atomic mass is 19.2. The molecule has 21 heavy (non-hydrogen) atoms. The van der Waals surface area contributed by atoms with Crippen LogP contribution in [-0.4, -0.2) is 5.97 Å². The number of hydrogen-bond donors (Lipinski definition) is 0. The van der Waals surface area contributed by atoms with Crippen molar-refractivity contribution in [3.8, 4) is 0 Å². The van der Waals surface area contributed by atoms with Crippen molar-refractivity contribution in [2.24, 2.45) is 0 Å². The van der Waals surface area contributed by atoms with Gasteiger partial charge in [0.1, 0.15) is 12.4 Å². The highest BCUT2D eigenvalue weighted by Gasteiger charge is 2.22. The maximum Gasteiger partial charge on any atom is 0.341 e. The van der Waals surface area contributed by atoms with Gasteiger partial charge in [0.05, 0.1) is 5.56 Å². The van der Waals surface area contributed by atoms with E-state index in [2.05, 4.69) is 6.58 Å². The first kappa shape index (κ1) is 14.8. The summed E-state index contributed by atoms with van der Waals surface area (Å²) in [6.07, 6.45) is 0.807. The second kappa shape index (κ2) is 6.26. The summed E-state index contributed by atoms with van der Waals surface area (Å²) in [6.45, 7) is 3.09. The summed E-state index contributed by atoms with van der Waals surface area (Å²) in [7, 11) is 0. The van der Waals surface area contributed by atoms with Gasteiger partial charge in [-0.2, -0.15) is 0 Å². The Labute approximate surface area is 119 Å². The highest BCUT2D eigenvalue weighted by molar-refractivity contribution is 5.90. The molecule has 0 aliphatic carbocycles. The van der Waals surface area contributed by atoms with Gasteiger partial charge in [-0.25, -0.2) is 18.0 Å². The molecule has 0 bridgehead atoms. The van der Waals surface area contributed by atoms with E-state index in [1.807, 2.05) is 0 Å². The van der Waals surface area contributed by atoms with Crippen LogP contribution in [0.3, 0.4) is 0 Å². The fourth-order valence-corrected chi connectivity index (χ4v) is 1.75. The number of carbonyl (C=O) groups is 1. The van der Waals surface area contributed by atoms with Crippen molar-refractivity contribution in [3.05, 3.63) is 77.1 Å². The highest BCUT2D eigenvalue weighted by Crippen LogP contribution is 2.22. The zero-order valence-electron chi connectivity index (χ0n) is 10.9. The lowest BCUT2D eigenvalue weighted by Gasteiger charge is -2.08. The molecule has 0 N–H and O–H groups in total. The number of esters is 1. The van der Waals surface area contributed by atoms with Crippen molar-refractivity contribution in [1.82, 2.24) is 0 Å². The molecule has 108 valence electrons. The lowest BCUT2D eigenvalue weighted by molar-refractivity contribution is 0.0466. The molecule has 2 rings (SSSR count). The van der Waals surface area contributed by atoms with Crippen LogP contribution in [0.4, 0.5) is 13.2 Å². The van der Waals surface area contributed by atoms with Crippen molar-refractivity contribution < 1.29 is 22.7 Å². The standard InChI is InChI=1S/C16H11F3O2/c1-2-11-14(18)12(8-13(17)15(11)19)16(20)21-9-10-6-4-3-5-7-10/h2-8H,1,9H2. The van der Waals surface area contributed by atoms with Gasteiger partial charge in [0.2, 0.25) is 0 Å². The van der Waals surface area contributed by atoms with E-state index < -0.39 is 34.5 Å². The van der Waals surface area contributed by atoms with E-state index in [-0.39, 0.29) is 6.61 Å². The molecular weight excluding hydrogens is 281 g/mol. The van der Waals surface area contributed by atoms with Gasteiger partial charge in [-0.05, 0) is 11.6 Å². The summed E-state index contributed by atoms with van der Waals surface area (Å²) in [5.74, 6) is -4.99. The number of rotatable bonds is 4. The number of benzene rings is 2. The summed E-state index contributed by atoms with van der Waals surface area (Å²) in [5.41, 5.74) is -0.667. The molecule has 0 aromatic heterocycles. The normalized spacial score (nSPS) is 10.2. The van der Waals surface area contributed by atoms with E-state index in [0.29, 0.717) is 11.6 Å². The Morgan fingerprint density at radius 1 is 1.14 bits per heavy atom. The van der Waals surface area contributed by atoms with Gasteiger partial charge in [0.25, 0.3) is 0 Å². The Kier molecular flexibility index (Phi) is 4.42. The molecule has 5 heteroatoms. The van der Waals surface area contributed by atoms with Crippen LogP contribution in [0.25, 0.3) is 6.08 Å². The molecule has 0 saturated heterocycles. The van der Waals surface area contributed by atoms with Crippen LogP contribution in [0.5, 0.6) is 0 Å². The molecule has 0 heterocycles. The van der Waals surface area contributed by atoms with E-state index in [1.165, 1.54) is 0 Å². The van der Waals surface area contributed by atoms with E-state index in [9.17, 15) is 18.0 Å². The van der Waals surface area contributed by atoms with Crippen LogP contribution in [0.15, 0.2) is 43.0 Å². The number of halogens is 3. The van der Waals surface area contributed by atoms with Crippen LogP contribution in [0.2, 0.25) is 0 Å². The molecule has 0 amide bonds. The third-order valence-electron chi connectivity index (χ3n) is 2.83. The molecule has 0 unspecified atom stereocenters. The first-order chi connectivity index (χ1) is 10.0. The second-order valence-electron chi connectivity index (χ2n) is 4.21. The van der Waals surface area contributed by atoms with Crippen molar-refractivity contribution >= 4 is 12.0 Å². The average molecular weight is 292 g/mol. The monoisotopic (exact) mass is 292 g/mol. The van der Waals surface area contributed by atoms with Crippen LogP contribution in [0.1, 0.15) is 21.5 Å². The molecule has 0 radical (unpaired) electrons. The quantitative estimate of drug-likeness (QED) is 0.626. The lowest BCUT2D eigenvalue weighted by Crippen LogP contribution is -2.11. The second-order valence-corrected chi connectivity index (χ2v) is 4.21. The summed E-state index contributed by atoms with van der Waals surface area (Å²) >= 11 is 0. The number of hydrogen-bond acceptors (Lipinski definition) is 2. The van der Waals surface area contributed by atoms with Crippen LogP contribution in [-0.2, 0) is 11.3 Å². The Bertz CT molecular complexity index is 682. The predicted octanol–water partition coefficient (Wildman–Crippen LogP) is 4.10. The van der Waals surface area contributed by atoms with Crippen molar-refractivity contribution in [2.75, 3.05) is 0 Å². The summed E-state index contributed by atoms with van der Waals surface area (Å²) in [5, 5.41) is 0. The molecule has 0 aliphatic rings. The van der Waals surface area contributed by atoms with Gasteiger partial charge < -0.3 is 4.74 Å². The van der Waals surface area contributed by atoms with Gasteiger partial charge in [0, 0.05) is 5.56 Å². The van der Waals surface area contributed by atoms with Gasteiger partial charge in [-0.15, -0.1) is 0 Å². The molecular formula is C16H11F3O2. The summed E-state index contributed by atoms with van der Waals surface area (Å²) < 4.78 is 45.4. The lowest BCUT2D eigenvalue weighted by atomic mass is 10.1. The van der Waals surface area contributed by atoms with E-state index in [0.717, 1.165) is 6.08 Å². The largest absolute Gasteiger partial charge is 0.457 e. The first-order valence-electron chi connectivity index (χ1n) is 6.05. The molecule has 2 aromatic carbocycles. The zero-order valence-corrected chi connectivity index (χ0v) is 10.9. The molecule has 0 spiro atoms. The predicted molar refractivity (Wildman–Crippen MR) is 72.0 cm³/mol. The Morgan fingerprint density at radius 3 is 2.43 bits per heavy atom. The fourth-order valence-electron chi connectivity index (χ4n) is 1.75. The minimum absolute atomic E-state index is 0.0957. The number of carbonyl (C=O) groups excluding carboxylic acids is 1. The minimum atomic E-state index is -1.39. The Balaban J connectivity index is 2.24. The van der Waals surface area contributed by atoms with E-state index >= 15 is 0 Å². The van der Waals surface area contributed by atoms with Crippen LogP contribution in [0, 0.1) is 17.5 Å². The van der Waals surface area contributed by atoms with Crippen molar-refractivity contribution in [3.63, 3.8) is 0 Å². The third kappa shape index (κ3) is 3.13. The molecule has 2 aromatic rings. The molecule has 0 saturated carbocycles.